The van der Waals surface area contributed by atoms with Crippen LogP contribution >= 0.6 is 0 Å². The van der Waals surface area contributed by atoms with E-state index in [0.717, 1.165) is 58.3 Å². The van der Waals surface area contributed by atoms with Gasteiger partial charge in [-0.1, -0.05) is 37.1 Å². The van der Waals surface area contributed by atoms with Crippen LogP contribution in [0.2, 0.25) is 0 Å². The molecule has 2 N–H and O–H groups in total. The van der Waals surface area contributed by atoms with E-state index in [1.807, 2.05) is 7.05 Å². The highest BCUT2D eigenvalue weighted by atomic mass is 16.5. The largest absolute Gasteiger partial charge is 0.379 e. The molecule has 0 radical (unpaired) electrons. The number of hydrogen-bond acceptors (Lipinski definition) is 4. The third kappa shape index (κ3) is 8.33. The van der Waals surface area contributed by atoms with Gasteiger partial charge in [0.1, 0.15) is 0 Å². The lowest BCUT2D eigenvalue weighted by Gasteiger charge is -2.20. The second-order valence-corrected chi connectivity index (χ2v) is 8.07. The van der Waals surface area contributed by atoms with Crippen molar-refractivity contribution in [1.29, 1.82) is 0 Å². The topological polar surface area (TPSA) is 58.1 Å². The summed E-state index contributed by atoms with van der Waals surface area (Å²) in [4.78, 5) is 6.93. The van der Waals surface area contributed by atoms with E-state index < -0.39 is 0 Å². The molecule has 1 aromatic carbocycles. The summed E-state index contributed by atoms with van der Waals surface area (Å²) in [6, 6.07) is 8.92. The minimum Gasteiger partial charge on any atom is -0.379 e. The summed E-state index contributed by atoms with van der Waals surface area (Å²) in [5, 5.41) is 6.79. The molecule has 0 aromatic heterocycles. The Hall–Kier alpha value is -1.63. The molecule has 29 heavy (non-hydrogen) atoms. The third-order valence-electron chi connectivity index (χ3n) is 5.63. The van der Waals surface area contributed by atoms with Crippen LogP contribution in [-0.2, 0) is 22.6 Å². The van der Waals surface area contributed by atoms with E-state index in [-0.39, 0.29) is 6.10 Å². The summed E-state index contributed by atoms with van der Waals surface area (Å²) in [6.45, 7) is 7.49. The van der Waals surface area contributed by atoms with Gasteiger partial charge in [-0.05, 0) is 49.9 Å². The molecule has 162 valence electrons. The van der Waals surface area contributed by atoms with Gasteiger partial charge < -0.3 is 20.1 Å². The summed E-state index contributed by atoms with van der Waals surface area (Å²) in [7, 11) is 1.82. The van der Waals surface area contributed by atoms with Crippen LogP contribution in [0.4, 0.5) is 0 Å². The van der Waals surface area contributed by atoms with Crippen molar-refractivity contribution in [2.45, 2.75) is 57.7 Å². The summed E-state index contributed by atoms with van der Waals surface area (Å²) in [5.41, 5.74) is 2.70. The molecule has 0 aliphatic carbocycles. The number of nitrogens with one attached hydrogen (secondary N) is 2. The molecule has 0 saturated carbocycles. The molecule has 2 aliphatic heterocycles. The lowest BCUT2D eigenvalue weighted by molar-refractivity contribution is 0.0420. The predicted molar refractivity (Wildman–Crippen MR) is 118 cm³/mol. The number of rotatable bonds is 9. The Kier molecular flexibility index (Phi) is 9.76. The molecule has 6 nitrogen and oxygen atoms in total. The van der Waals surface area contributed by atoms with E-state index in [4.69, 9.17) is 9.47 Å². The van der Waals surface area contributed by atoms with Crippen LogP contribution in [-0.4, -0.2) is 63.5 Å². The fourth-order valence-electron chi connectivity index (χ4n) is 3.97. The molecule has 0 amide bonds. The van der Waals surface area contributed by atoms with Gasteiger partial charge in [0.25, 0.3) is 0 Å². The van der Waals surface area contributed by atoms with Crippen molar-refractivity contribution in [3.63, 3.8) is 0 Å². The molecule has 2 fully saturated rings. The SMILES string of the molecule is CN=C(NCCCOC1CCOC1)NCc1cccc(CN2CCCCCC2)c1. The third-order valence-corrected chi connectivity index (χ3v) is 5.63. The number of nitrogens with zero attached hydrogens (tertiary/aromatic N) is 2. The number of guanidine groups is 1. The number of ether oxygens (including phenoxy) is 2. The van der Waals surface area contributed by atoms with Gasteiger partial charge in [-0.2, -0.15) is 0 Å². The molecule has 3 rings (SSSR count). The minimum atomic E-state index is 0.286. The van der Waals surface area contributed by atoms with Gasteiger partial charge in [0, 0.05) is 39.9 Å². The minimum absolute atomic E-state index is 0.286. The predicted octanol–water partition coefficient (Wildman–Crippen LogP) is 2.92. The first-order valence-electron chi connectivity index (χ1n) is 11.3. The lowest BCUT2D eigenvalue weighted by Crippen LogP contribution is -2.37. The van der Waals surface area contributed by atoms with Crippen LogP contribution in [0.3, 0.4) is 0 Å². The van der Waals surface area contributed by atoms with Crippen LogP contribution in [0.15, 0.2) is 29.3 Å². The zero-order chi connectivity index (χ0) is 20.2. The average molecular weight is 403 g/mol. The quantitative estimate of drug-likeness (QED) is 0.378. The van der Waals surface area contributed by atoms with E-state index in [1.165, 1.54) is 49.9 Å². The van der Waals surface area contributed by atoms with E-state index in [1.54, 1.807) is 0 Å². The van der Waals surface area contributed by atoms with Crippen molar-refractivity contribution in [3.8, 4) is 0 Å². The van der Waals surface area contributed by atoms with E-state index in [0.29, 0.717) is 0 Å². The monoisotopic (exact) mass is 402 g/mol. The van der Waals surface area contributed by atoms with E-state index in [9.17, 15) is 0 Å². The molecule has 1 unspecified atom stereocenters. The molecule has 2 heterocycles. The highest BCUT2D eigenvalue weighted by Crippen LogP contribution is 2.14. The first-order chi connectivity index (χ1) is 14.3. The van der Waals surface area contributed by atoms with Gasteiger partial charge >= 0.3 is 0 Å². The van der Waals surface area contributed by atoms with Gasteiger partial charge in [-0.3, -0.25) is 9.89 Å². The Morgan fingerprint density at radius 1 is 1.17 bits per heavy atom. The maximum absolute atomic E-state index is 5.80. The Balaban J connectivity index is 1.35. The molecular formula is C23H38N4O2. The Morgan fingerprint density at radius 2 is 2.00 bits per heavy atom. The van der Waals surface area contributed by atoms with Gasteiger partial charge in [-0.15, -0.1) is 0 Å². The van der Waals surface area contributed by atoms with Crippen LogP contribution in [0.25, 0.3) is 0 Å². The highest BCUT2D eigenvalue weighted by Gasteiger charge is 2.15. The second-order valence-electron chi connectivity index (χ2n) is 8.07. The first-order valence-corrected chi connectivity index (χ1v) is 11.3. The molecule has 2 saturated heterocycles. The standard InChI is InChI=1S/C23H38N4O2/c1-24-23(25-11-7-14-29-22-10-15-28-19-22)26-17-20-8-6-9-21(16-20)18-27-12-4-2-3-5-13-27/h6,8-9,16,22H,2-5,7,10-15,17-19H2,1H3,(H2,24,25,26). The van der Waals surface area contributed by atoms with Gasteiger partial charge in [0.2, 0.25) is 0 Å². The maximum atomic E-state index is 5.80. The second kappa shape index (κ2) is 12.8. The highest BCUT2D eigenvalue weighted by molar-refractivity contribution is 5.79. The fourth-order valence-corrected chi connectivity index (χ4v) is 3.97. The van der Waals surface area contributed by atoms with Crippen LogP contribution in [0.5, 0.6) is 0 Å². The summed E-state index contributed by atoms with van der Waals surface area (Å²) >= 11 is 0. The molecule has 6 heteroatoms. The smallest absolute Gasteiger partial charge is 0.191 e. The zero-order valence-electron chi connectivity index (χ0n) is 18.0. The van der Waals surface area contributed by atoms with Crippen molar-refractivity contribution in [1.82, 2.24) is 15.5 Å². The molecule has 2 aliphatic rings. The van der Waals surface area contributed by atoms with Gasteiger partial charge in [0.15, 0.2) is 5.96 Å². The van der Waals surface area contributed by atoms with Crippen molar-refractivity contribution in [3.05, 3.63) is 35.4 Å². The van der Waals surface area contributed by atoms with Crippen LogP contribution in [0, 0.1) is 0 Å². The summed E-state index contributed by atoms with van der Waals surface area (Å²) < 4.78 is 11.1. The number of benzene rings is 1. The number of likely N-dealkylation sites (tertiary alicyclic amines) is 1. The van der Waals surface area contributed by atoms with Crippen LogP contribution in [0.1, 0.15) is 49.7 Å². The molecule has 1 atom stereocenters. The summed E-state index contributed by atoms with van der Waals surface area (Å²) in [5.74, 6) is 0.840. The maximum Gasteiger partial charge on any atom is 0.191 e. The summed E-state index contributed by atoms with van der Waals surface area (Å²) in [6.07, 6.45) is 7.71. The van der Waals surface area contributed by atoms with Crippen molar-refractivity contribution in [2.24, 2.45) is 4.99 Å². The zero-order valence-corrected chi connectivity index (χ0v) is 18.0. The van der Waals surface area contributed by atoms with Crippen molar-refractivity contribution in [2.75, 3.05) is 46.5 Å². The van der Waals surface area contributed by atoms with E-state index in [2.05, 4.69) is 44.8 Å². The fraction of sp³-hybridized carbons (Fsp3) is 0.696. The number of aliphatic imine (C=N–C) groups is 1. The normalized spacial score (nSPS) is 21.1. The van der Waals surface area contributed by atoms with Crippen LogP contribution < -0.4 is 10.6 Å². The molecule has 0 bridgehead atoms. The Bertz CT molecular complexity index is 609. The van der Waals surface area contributed by atoms with Gasteiger partial charge in [0.05, 0.1) is 12.7 Å². The molecule has 0 spiro atoms. The van der Waals surface area contributed by atoms with Crippen molar-refractivity contribution >= 4 is 5.96 Å². The molecule has 1 aromatic rings. The van der Waals surface area contributed by atoms with Gasteiger partial charge in [-0.25, -0.2) is 0 Å². The average Bonchev–Trinajstić information content (AvgIpc) is 3.13. The Labute approximate surface area is 176 Å². The molecular weight excluding hydrogens is 364 g/mol. The number of hydrogen-bond donors (Lipinski definition) is 2. The lowest BCUT2D eigenvalue weighted by atomic mass is 10.1. The Morgan fingerprint density at radius 3 is 2.76 bits per heavy atom. The van der Waals surface area contributed by atoms with Crippen molar-refractivity contribution < 1.29 is 9.47 Å². The first kappa shape index (κ1) is 22.1. The van der Waals surface area contributed by atoms with E-state index >= 15 is 0 Å².